The van der Waals surface area contributed by atoms with Crippen LogP contribution in [0.3, 0.4) is 0 Å². The van der Waals surface area contributed by atoms with Crippen molar-refractivity contribution in [2.75, 3.05) is 13.7 Å². The van der Waals surface area contributed by atoms with Gasteiger partial charge in [0, 0.05) is 6.07 Å². The van der Waals surface area contributed by atoms with E-state index in [1.165, 1.54) is 25.3 Å². The van der Waals surface area contributed by atoms with Gasteiger partial charge in [0.15, 0.2) is 11.5 Å². The molecule has 1 aliphatic rings. The van der Waals surface area contributed by atoms with Crippen LogP contribution in [0.25, 0.3) is 0 Å². The summed E-state index contributed by atoms with van der Waals surface area (Å²) in [5, 5.41) is 14.2. The highest BCUT2D eigenvalue weighted by Crippen LogP contribution is 2.33. The number of ether oxygens (including phenoxy) is 3. The van der Waals surface area contributed by atoms with Crippen LogP contribution < -0.4 is 14.8 Å². The van der Waals surface area contributed by atoms with E-state index in [2.05, 4.69) is 5.32 Å². The van der Waals surface area contributed by atoms with Crippen LogP contribution in [0.15, 0.2) is 18.2 Å². The molecule has 0 aliphatic carbocycles. The van der Waals surface area contributed by atoms with Crippen molar-refractivity contribution < 1.29 is 23.9 Å². The van der Waals surface area contributed by atoms with Crippen LogP contribution >= 0.6 is 0 Å². The van der Waals surface area contributed by atoms with Crippen molar-refractivity contribution in [1.29, 1.82) is 0 Å². The van der Waals surface area contributed by atoms with Gasteiger partial charge in [-0.2, -0.15) is 0 Å². The molecule has 0 amide bonds. The number of nitro groups is 1. The Morgan fingerprint density at radius 3 is 2.60 bits per heavy atom. The molecule has 2 atom stereocenters. The van der Waals surface area contributed by atoms with Crippen LogP contribution in [-0.4, -0.2) is 42.3 Å². The number of hydrogen-bond acceptors (Lipinski definition) is 7. The molecular weight excluding hydrogens is 328 g/mol. The topological polar surface area (TPSA) is 99.9 Å². The molecule has 0 radical (unpaired) electrons. The molecule has 1 aromatic carbocycles. The fraction of sp³-hybridized carbons (Fsp3) is 0.588. The molecule has 25 heavy (non-hydrogen) atoms. The molecule has 0 aromatic heterocycles. The van der Waals surface area contributed by atoms with Crippen molar-refractivity contribution in [1.82, 2.24) is 5.32 Å². The van der Waals surface area contributed by atoms with E-state index >= 15 is 0 Å². The minimum Gasteiger partial charge on any atom is -0.493 e. The van der Waals surface area contributed by atoms with Crippen molar-refractivity contribution in [2.45, 2.75) is 51.4 Å². The standard InChI is InChI=1S/C17H24N2O6/c1-17(2,3)25-16(20)15(12-6-5-9-18-12)24-14-10-11(19(21)22)7-8-13(14)23-4/h7-8,10,12,15,18H,5-6,9H2,1-4H3/t12?,15-/m1/s1. The smallest absolute Gasteiger partial charge is 0.349 e. The van der Waals surface area contributed by atoms with E-state index in [9.17, 15) is 14.9 Å². The van der Waals surface area contributed by atoms with Gasteiger partial charge >= 0.3 is 5.97 Å². The summed E-state index contributed by atoms with van der Waals surface area (Å²) in [6.45, 7) is 6.10. The second-order valence-electron chi connectivity index (χ2n) is 6.87. The zero-order chi connectivity index (χ0) is 18.6. The molecule has 0 spiro atoms. The Hall–Kier alpha value is -2.35. The largest absolute Gasteiger partial charge is 0.493 e. The Morgan fingerprint density at radius 2 is 2.08 bits per heavy atom. The SMILES string of the molecule is COc1ccc([N+](=O)[O-])cc1O[C@@H](C(=O)OC(C)(C)C)C1CCCN1. The molecule has 1 saturated heterocycles. The van der Waals surface area contributed by atoms with Crippen LogP contribution in [0.5, 0.6) is 11.5 Å². The fourth-order valence-corrected chi connectivity index (χ4v) is 2.63. The fourth-order valence-electron chi connectivity index (χ4n) is 2.63. The Labute approximate surface area is 146 Å². The number of hydrogen-bond donors (Lipinski definition) is 1. The number of non-ortho nitro benzene ring substituents is 1. The predicted molar refractivity (Wildman–Crippen MR) is 90.9 cm³/mol. The molecule has 0 saturated carbocycles. The summed E-state index contributed by atoms with van der Waals surface area (Å²) in [6, 6.07) is 3.80. The average molecular weight is 352 g/mol. The number of nitrogens with one attached hydrogen (secondary N) is 1. The van der Waals surface area contributed by atoms with Gasteiger partial charge in [-0.1, -0.05) is 0 Å². The second kappa shape index (κ2) is 7.69. The van der Waals surface area contributed by atoms with Crippen LogP contribution in [-0.2, 0) is 9.53 Å². The Kier molecular flexibility index (Phi) is 5.84. The molecule has 1 N–H and O–H groups in total. The van der Waals surface area contributed by atoms with Gasteiger partial charge in [0.25, 0.3) is 5.69 Å². The van der Waals surface area contributed by atoms with E-state index in [-0.39, 0.29) is 17.5 Å². The molecule has 138 valence electrons. The number of rotatable bonds is 6. The maximum absolute atomic E-state index is 12.6. The summed E-state index contributed by atoms with van der Waals surface area (Å²) >= 11 is 0. The molecule has 1 heterocycles. The number of carbonyl (C=O) groups excluding carboxylic acids is 1. The molecule has 8 heteroatoms. The van der Waals surface area contributed by atoms with Gasteiger partial charge < -0.3 is 19.5 Å². The third kappa shape index (κ3) is 5.06. The molecular formula is C17H24N2O6. The molecule has 2 rings (SSSR count). The molecule has 1 aliphatic heterocycles. The highest BCUT2D eigenvalue weighted by atomic mass is 16.6. The normalized spacial score (nSPS) is 18.5. The third-order valence-corrected chi connectivity index (χ3v) is 3.71. The molecule has 1 unspecified atom stereocenters. The van der Waals surface area contributed by atoms with Crippen LogP contribution in [0.2, 0.25) is 0 Å². The average Bonchev–Trinajstić information content (AvgIpc) is 3.04. The minimum absolute atomic E-state index is 0.140. The lowest BCUT2D eigenvalue weighted by Crippen LogP contribution is -2.47. The van der Waals surface area contributed by atoms with Gasteiger partial charge in [0.2, 0.25) is 6.10 Å². The van der Waals surface area contributed by atoms with Gasteiger partial charge in [-0.3, -0.25) is 10.1 Å². The minimum atomic E-state index is -0.919. The number of carbonyl (C=O) groups is 1. The highest BCUT2D eigenvalue weighted by molar-refractivity contribution is 5.77. The predicted octanol–water partition coefficient (Wildman–Crippen LogP) is 2.44. The van der Waals surface area contributed by atoms with Crippen LogP contribution in [0, 0.1) is 10.1 Å². The number of methoxy groups -OCH3 is 1. The Bertz CT molecular complexity index is 635. The molecule has 8 nitrogen and oxygen atoms in total. The van der Waals surface area contributed by atoms with E-state index < -0.39 is 22.6 Å². The van der Waals surface area contributed by atoms with E-state index in [0.717, 1.165) is 19.4 Å². The summed E-state index contributed by atoms with van der Waals surface area (Å²) in [7, 11) is 1.43. The van der Waals surface area contributed by atoms with Crippen molar-refractivity contribution in [2.24, 2.45) is 0 Å². The zero-order valence-electron chi connectivity index (χ0n) is 14.9. The quantitative estimate of drug-likeness (QED) is 0.477. The van der Waals surface area contributed by atoms with E-state index in [1.54, 1.807) is 20.8 Å². The summed E-state index contributed by atoms with van der Waals surface area (Å²) in [6.07, 6.45) is 0.748. The summed E-state index contributed by atoms with van der Waals surface area (Å²) < 4.78 is 16.5. The maximum Gasteiger partial charge on any atom is 0.349 e. The first-order valence-corrected chi connectivity index (χ1v) is 8.16. The van der Waals surface area contributed by atoms with Crippen molar-refractivity contribution in [3.05, 3.63) is 28.3 Å². The summed E-state index contributed by atoms with van der Waals surface area (Å²) in [5.41, 5.74) is -0.803. The van der Waals surface area contributed by atoms with Crippen molar-refractivity contribution in [3.8, 4) is 11.5 Å². The van der Waals surface area contributed by atoms with Gasteiger partial charge in [-0.25, -0.2) is 4.79 Å². The first-order chi connectivity index (χ1) is 11.7. The van der Waals surface area contributed by atoms with Crippen LogP contribution in [0.4, 0.5) is 5.69 Å². The molecule has 1 fully saturated rings. The summed E-state index contributed by atoms with van der Waals surface area (Å²) in [4.78, 5) is 23.1. The van der Waals surface area contributed by atoms with E-state index in [1.807, 2.05) is 0 Å². The number of benzene rings is 1. The Balaban J connectivity index is 2.30. The first kappa shape index (κ1) is 19.0. The Morgan fingerprint density at radius 1 is 1.36 bits per heavy atom. The van der Waals surface area contributed by atoms with Gasteiger partial charge in [0.1, 0.15) is 5.60 Å². The van der Waals surface area contributed by atoms with Gasteiger partial charge in [0.05, 0.1) is 24.1 Å². The van der Waals surface area contributed by atoms with Crippen LogP contribution in [0.1, 0.15) is 33.6 Å². The van der Waals surface area contributed by atoms with Gasteiger partial charge in [-0.15, -0.1) is 0 Å². The lowest BCUT2D eigenvalue weighted by molar-refractivity contribution is -0.385. The molecule has 1 aromatic rings. The highest BCUT2D eigenvalue weighted by Gasteiger charge is 2.36. The van der Waals surface area contributed by atoms with Crippen molar-refractivity contribution >= 4 is 11.7 Å². The van der Waals surface area contributed by atoms with Gasteiger partial charge in [-0.05, 0) is 46.2 Å². The first-order valence-electron chi connectivity index (χ1n) is 8.16. The number of esters is 1. The van der Waals surface area contributed by atoms with E-state index in [4.69, 9.17) is 14.2 Å². The second-order valence-corrected chi connectivity index (χ2v) is 6.87. The zero-order valence-corrected chi connectivity index (χ0v) is 14.9. The summed E-state index contributed by atoms with van der Waals surface area (Å²) in [5.74, 6) is -0.0566. The van der Waals surface area contributed by atoms with E-state index in [0.29, 0.717) is 5.75 Å². The number of nitro benzene ring substituents is 1. The monoisotopic (exact) mass is 352 g/mol. The molecule has 0 bridgehead atoms. The van der Waals surface area contributed by atoms with Crippen molar-refractivity contribution in [3.63, 3.8) is 0 Å². The number of nitrogens with zero attached hydrogens (tertiary/aromatic N) is 1. The lowest BCUT2D eigenvalue weighted by Gasteiger charge is -2.28. The maximum atomic E-state index is 12.6. The third-order valence-electron chi connectivity index (χ3n) is 3.71. The lowest BCUT2D eigenvalue weighted by atomic mass is 10.1.